The molecule has 1 aromatic carbocycles. The second kappa shape index (κ2) is 18.3. The van der Waals surface area contributed by atoms with Crippen LogP contribution in [0.25, 0.3) is 0 Å². The lowest BCUT2D eigenvalue weighted by Gasteiger charge is -2.10. The Morgan fingerprint density at radius 1 is 1.21 bits per heavy atom. The SMILES string of the molecule is C=C(/C=C\C(=C/C)C(=O)O)NC(=S)NCCc1ccc(SN)cc1.CC.CC. The molecule has 1 rings (SSSR count). The third-order valence-electron chi connectivity index (χ3n) is 3.05. The van der Waals surface area contributed by atoms with Crippen LogP contribution in [-0.4, -0.2) is 22.7 Å². The van der Waals surface area contributed by atoms with E-state index in [4.69, 9.17) is 22.5 Å². The highest BCUT2D eigenvalue weighted by Crippen LogP contribution is 2.12. The largest absolute Gasteiger partial charge is 0.478 e. The van der Waals surface area contributed by atoms with Crippen LogP contribution in [0.3, 0.4) is 0 Å². The van der Waals surface area contributed by atoms with Gasteiger partial charge in [0.1, 0.15) is 0 Å². The topological polar surface area (TPSA) is 87.4 Å². The summed E-state index contributed by atoms with van der Waals surface area (Å²) in [4.78, 5) is 11.9. The van der Waals surface area contributed by atoms with Gasteiger partial charge < -0.3 is 15.7 Å². The zero-order chi connectivity index (χ0) is 21.9. The smallest absolute Gasteiger partial charge is 0.335 e. The predicted octanol–water partition coefficient (Wildman–Crippen LogP) is 4.81. The molecule has 0 heterocycles. The first-order valence-electron chi connectivity index (χ1n) is 9.23. The number of aliphatic carboxylic acids is 1. The van der Waals surface area contributed by atoms with Crippen molar-refractivity contribution in [2.45, 2.75) is 45.9 Å². The Morgan fingerprint density at radius 2 is 1.79 bits per heavy atom. The number of benzene rings is 1. The fraction of sp³-hybridized carbons (Fsp3) is 0.333. The van der Waals surface area contributed by atoms with E-state index < -0.39 is 5.97 Å². The average molecular weight is 424 g/mol. The van der Waals surface area contributed by atoms with E-state index in [9.17, 15) is 4.79 Å². The molecule has 0 spiro atoms. The van der Waals surface area contributed by atoms with Gasteiger partial charge in [-0.15, -0.1) is 0 Å². The molecular formula is C21H33N3O2S2. The van der Waals surface area contributed by atoms with Crippen molar-refractivity contribution in [1.29, 1.82) is 0 Å². The van der Waals surface area contributed by atoms with Crippen molar-refractivity contribution in [1.82, 2.24) is 10.6 Å². The van der Waals surface area contributed by atoms with Crippen molar-refractivity contribution in [3.05, 3.63) is 65.9 Å². The molecule has 28 heavy (non-hydrogen) atoms. The molecule has 0 unspecified atom stereocenters. The molecule has 7 heteroatoms. The van der Waals surface area contributed by atoms with Gasteiger partial charge in [-0.1, -0.05) is 52.5 Å². The maximum atomic E-state index is 10.9. The molecule has 5 nitrogen and oxygen atoms in total. The van der Waals surface area contributed by atoms with Gasteiger partial charge in [-0.25, -0.2) is 4.79 Å². The molecule has 0 atom stereocenters. The first-order valence-corrected chi connectivity index (χ1v) is 10.5. The minimum atomic E-state index is -0.985. The molecule has 0 bridgehead atoms. The van der Waals surface area contributed by atoms with Crippen LogP contribution in [0.4, 0.5) is 0 Å². The summed E-state index contributed by atoms with van der Waals surface area (Å²) in [5.74, 6) is -0.985. The molecule has 0 aliphatic carbocycles. The Balaban J connectivity index is 0. The normalized spacial score (nSPS) is 10.1. The summed E-state index contributed by atoms with van der Waals surface area (Å²) in [5, 5.41) is 20.8. The molecule has 0 amide bonds. The van der Waals surface area contributed by atoms with Gasteiger partial charge >= 0.3 is 5.97 Å². The number of rotatable bonds is 8. The van der Waals surface area contributed by atoms with Gasteiger partial charge in [0.05, 0.1) is 5.57 Å². The molecule has 0 fully saturated rings. The number of carboxylic acids is 1. The highest BCUT2D eigenvalue weighted by molar-refractivity contribution is 7.97. The summed E-state index contributed by atoms with van der Waals surface area (Å²) >= 11 is 6.40. The lowest BCUT2D eigenvalue weighted by atomic mass is 10.1. The first kappa shape index (κ1) is 28.1. The van der Waals surface area contributed by atoms with Crippen LogP contribution < -0.4 is 15.8 Å². The van der Waals surface area contributed by atoms with E-state index in [0.717, 1.165) is 11.3 Å². The summed E-state index contributed by atoms with van der Waals surface area (Å²) in [7, 11) is 0. The monoisotopic (exact) mass is 423 g/mol. The van der Waals surface area contributed by atoms with Gasteiger partial charge in [-0.2, -0.15) is 0 Å². The molecule has 1 aromatic rings. The van der Waals surface area contributed by atoms with E-state index in [-0.39, 0.29) is 5.57 Å². The molecule has 5 N–H and O–H groups in total. The van der Waals surface area contributed by atoms with Crippen LogP contribution in [0.15, 0.2) is 65.2 Å². The molecule has 0 aliphatic heterocycles. The molecule has 0 aromatic heterocycles. The van der Waals surface area contributed by atoms with Gasteiger partial charge in [0.2, 0.25) is 0 Å². The van der Waals surface area contributed by atoms with E-state index in [2.05, 4.69) is 17.2 Å². The van der Waals surface area contributed by atoms with Crippen molar-refractivity contribution >= 4 is 35.2 Å². The zero-order valence-electron chi connectivity index (χ0n) is 17.4. The van der Waals surface area contributed by atoms with E-state index in [1.165, 1.54) is 29.7 Å². The number of hydrogen-bond donors (Lipinski definition) is 4. The van der Waals surface area contributed by atoms with Gasteiger partial charge in [0, 0.05) is 17.1 Å². The van der Waals surface area contributed by atoms with E-state index in [1.54, 1.807) is 13.0 Å². The van der Waals surface area contributed by atoms with Gasteiger partial charge in [-0.3, -0.25) is 5.14 Å². The predicted molar refractivity (Wildman–Crippen MR) is 126 cm³/mol. The van der Waals surface area contributed by atoms with Crippen molar-refractivity contribution in [2.24, 2.45) is 5.14 Å². The van der Waals surface area contributed by atoms with Gasteiger partial charge in [0.15, 0.2) is 5.11 Å². The maximum Gasteiger partial charge on any atom is 0.335 e. The number of carbonyl (C=O) groups is 1. The lowest BCUT2D eigenvalue weighted by molar-refractivity contribution is -0.132. The first-order chi connectivity index (χ1) is 13.5. The van der Waals surface area contributed by atoms with Crippen molar-refractivity contribution in [3.63, 3.8) is 0 Å². The lowest BCUT2D eigenvalue weighted by Crippen LogP contribution is -2.35. The van der Waals surface area contributed by atoms with E-state index in [1.807, 2.05) is 52.0 Å². The molecule has 0 radical (unpaired) electrons. The molecular weight excluding hydrogens is 390 g/mol. The number of nitrogens with one attached hydrogen (secondary N) is 2. The Hall–Kier alpha value is -2.09. The summed E-state index contributed by atoms with van der Waals surface area (Å²) in [5.41, 5.74) is 1.88. The maximum absolute atomic E-state index is 10.9. The molecule has 0 aliphatic rings. The zero-order valence-corrected chi connectivity index (χ0v) is 19.0. The number of allylic oxidation sites excluding steroid dienone is 2. The number of nitrogens with two attached hydrogens (primary N) is 1. The Labute approximate surface area is 179 Å². The number of carboxylic acid groups (broad SMARTS) is 1. The highest BCUT2D eigenvalue weighted by Gasteiger charge is 2.01. The van der Waals surface area contributed by atoms with Crippen LogP contribution in [-0.2, 0) is 11.2 Å². The Morgan fingerprint density at radius 3 is 2.25 bits per heavy atom. The summed E-state index contributed by atoms with van der Waals surface area (Å²) in [6, 6.07) is 8.01. The van der Waals surface area contributed by atoms with Crippen LogP contribution in [0, 0.1) is 0 Å². The second-order valence-corrected chi connectivity index (χ2v) is 5.92. The minimum absolute atomic E-state index is 0.191. The van der Waals surface area contributed by atoms with Gasteiger partial charge in [0.25, 0.3) is 0 Å². The Bertz CT molecular complexity index is 654. The van der Waals surface area contributed by atoms with Crippen LogP contribution in [0.2, 0.25) is 0 Å². The molecule has 156 valence electrons. The number of hydrogen-bond acceptors (Lipinski definition) is 4. The minimum Gasteiger partial charge on any atom is -0.478 e. The summed E-state index contributed by atoms with van der Waals surface area (Å²) in [6.07, 6.45) is 5.37. The van der Waals surface area contributed by atoms with Crippen molar-refractivity contribution in [2.75, 3.05) is 6.54 Å². The Kier molecular flexibility index (Phi) is 18.4. The fourth-order valence-electron chi connectivity index (χ4n) is 1.77. The third kappa shape index (κ3) is 13.1. The van der Waals surface area contributed by atoms with E-state index >= 15 is 0 Å². The average Bonchev–Trinajstić information content (AvgIpc) is 2.71. The van der Waals surface area contributed by atoms with Crippen molar-refractivity contribution < 1.29 is 9.90 Å². The second-order valence-electron chi connectivity index (χ2n) is 4.80. The molecule has 0 saturated heterocycles. The summed E-state index contributed by atoms with van der Waals surface area (Å²) < 4.78 is 0. The summed E-state index contributed by atoms with van der Waals surface area (Å²) in [6.45, 7) is 14.1. The standard InChI is InChI=1S/C17H21N3O2S2.2C2H6/c1-3-14(16(21)22)7-4-12(2)20-17(23)19-11-10-13-5-8-15(24-18)9-6-13;2*1-2/h3-9H,2,10-11,18H2,1H3,(H,21,22)(H2,19,20,23);2*1-2H3/b7-4-,14-3+;;. The number of thiocarbonyl (C=S) groups is 1. The van der Waals surface area contributed by atoms with Crippen molar-refractivity contribution in [3.8, 4) is 0 Å². The van der Waals surface area contributed by atoms with E-state index in [0.29, 0.717) is 17.4 Å². The molecule has 0 saturated carbocycles. The van der Waals surface area contributed by atoms with Gasteiger partial charge in [-0.05, 0) is 67.4 Å². The van der Waals surface area contributed by atoms with Crippen LogP contribution in [0.5, 0.6) is 0 Å². The fourth-order valence-corrected chi connectivity index (χ4v) is 2.29. The highest BCUT2D eigenvalue weighted by atomic mass is 32.2. The quantitative estimate of drug-likeness (QED) is 0.206. The third-order valence-corrected chi connectivity index (χ3v) is 3.85. The van der Waals surface area contributed by atoms with Crippen LogP contribution >= 0.6 is 24.2 Å². The van der Waals surface area contributed by atoms with Crippen LogP contribution in [0.1, 0.15) is 40.2 Å².